The molecule has 1 aliphatic heterocycles. The third-order valence-corrected chi connectivity index (χ3v) is 4.75. The number of nitrogens with one attached hydrogen (secondary N) is 1. The van der Waals surface area contributed by atoms with Crippen LogP contribution in [0.15, 0.2) is 36.4 Å². The molecule has 0 unspecified atom stereocenters. The molecule has 1 N–H and O–H groups in total. The Bertz CT molecular complexity index is 909. The predicted molar refractivity (Wildman–Crippen MR) is 110 cm³/mol. The maximum atomic E-state index is 12.5. The van der Waals surface area contributed by atoms with Crippen LogP contribution in [-0.2, 0) is 11.3 Å². The van der Waals surface area contributed by atoms with Gasteiger partial charge < -0.3 is 24.3 Å². The highest BCUT2D eigenvalue weighted by molar-refractivity contribution is 5.78. The van der Waals surface area contributed by atoms with Gasteiger partial charge in [0.1, 0.15) is 13.2 Å². The Hall–Kier alpha value is -3.07. The van der Waals surface area contributed by atoms with Crippen LogP contribution in [0, 0.1) is 0 Å². The van der Waals surface area contributed by atoms with Crippen LogP contribution in [-0.4, -0.2) is 51.3 Å². The highest BCUT2D eigenvalue weighted by atomic mass is 19.3. The van der Waals surface area contributed by atoms with Gasteiger partial charge >= 0.3 is 6.61 Å². The second-order valence-corrected chi connectivity index (χ2v) is 7.23. The quantitative estimate of drug-likeness (QED) is 0.650. The van der Waals surface area contributed by atoms with Crippen molar-refractivity contribution in [3.05, 3.63) is 47.5 Å². The van der Waals surface area contributed by atoms with Crippen molar-refractivity contribution in [1.29, 1.82) is 0 Å². The standard InChI is InChI=1S/C22H26F2N2O5/c1-14(16-5-7-17-20(11-16)30-9-8-29-17)25-21(27)13-26(2)12-15-4-6-18(31-22(23)24)19(10-15)28-3/h4-7,10-11,14,22H,8-9,12-13H2,1-3H3,(H,25,27)/t14-/m0/s1. The topological polar surface area (TPSA) is 69.3 Å². The van der Waals surface area contributed by atoms with Crippen LogP contribution in [0.5, 0.6) is 23.0 Å². The average molecular weight is 436 g/mol. The molecule has 0 spiro atoms. The third-order valence-electron chi connectivity index (χ3n) is 4.75. The Balaban J connectivity index is 1.54. The van der Waals surface area contributed by atoms with E-state index < -0.39 is 6.61 Å². The normalized spacial score (nSPS) is 13.8. The number of rotatable bonds is 9. The lowest BCUT2D eigenvalue weighted by molar-refractivity contribution is -0.122. The number of ether oxygens (including phenoxy) is 4. The molecule has 3 rings (SSSR count). The number of alkyl halides is 2. The predicted octanol–water partition coefficient (Wildman–Crippen LogP) is 3.38. The Morgan fingerprint density at radius 1 is 1.13 bits per heavy atom. The fourth-order valence-corrected chi connectivity index (χ4v) is 3.32. The molecule has 1 atom stereocenters. The molecule has 1 amide bonds. The van der Waals surface area contributed by atoms with Gasteiger partial charge in [-0.15, -0.1) is 0 Å². The number of methoxy groups -OCH3 is 1. The molecule has 168 valence electrons. The van der Waals surface area contributed by atoms with Crippen molar-refractivity contribution in [1.82, 2.24) is 10.2 Å². The molecular weight excluding hydrogens is 410 g/mol. The zero-order chi connectivity index (χ0) is 22.4. The Labute approximate surface area is 179 Å². The number of fused-ring (bicyclic) bond motifs is 1. The van der Waals surface area contributed by atoms with E-state index in [4.69, 9.17) is 14.2 Å². The molecule has 2 aromatic rings. The van der Waals surface area contributed by atoms with Gasteiger partial charge in [0.15, 0.2) is 23.0 Å². The second kappa shape index (κ2) is 10.3. The number of amides is 1. The summed E-state index contributed by atoms with van der Waals surface area (Å²) in [6.45, 7) is 0.586. The minimum absolute atomic E-state index is 0.0325. The van der Waals surface area contributed by atoms with Crippen molar-refractivity contribution >= 4 is 5.91 Å². The van der Waals surface area contributed by atoms with E-state index in [0.717, 1.165) is 11.1 Å². The van der Waals surface area contributed by atoms with Crippen molar-refractivity contribution in [2.24, 2.45) is 0 Å². The van der Waals surface area contributed by atoms with Gasteiger partial charge in [0.2, 0.25) is 5.91 Å². The molecule has 0 radical (unpaired) electrons. The van der Waals surface area contributed by atoms with Gasteiger partial charge in [0.05, 0.1) is 19.7 Å². The van der Waals surface area contributed by atoms with Crippen molar-refractivity contribution in [2.45, 2.75) is 26.1 Å². The zero-order valence-corrected chi connectivity index (χ0v) is 17.7. The van der Waals surface area contributed by atoms with Crippen LogP contribution < -0.4 is 24.3 Å². The van der Waals surface area contributed by atoms with Crippen molar-refractivity contribution in [2.75, 3.05) is 33.9 Å². The maximum absolute atomic E-state index is 12.5. The molecule has 0 fully saturated rings. The van der Waals surface area contributed by atoms with E-state index in [1.54, 1.807) is 19.2 Å². The first kappa shape index (κ1) is 22.6. The lowest BCUT2D eigenvalue weighted by Gasteiger charge is -2.22. The monoisotopic (exact) mass is 436 g/mol. The Morgan fingerprint density at radius 3 is 2.58 bits per heavy atom. The van der Waals surface area contributed by atoms with Gasteiger partial charge in [-0.2, -0.15) is 8.78 Å². The van der Waals surface area contributed by atoms with Gasteiger partial charge in [-0.25, -0.2) is 0 Å². The summed E-state index contributed by atoms with van der Waals surface area (Å²) in [6.07, 6.45) is 0. The lowest BCUT2D eigenvalue weighted by atomic mass is 10.1. The number of likely N-dealkylation sites (N-methyl/N-ethyl adjacent to an activating group) is 1. The third kappa shape index (κ3) is 6.21. The van der Waals surface area contributed by atoms with E-state index in [-0.39, 0.29) is 30.0 Å². The summed E-state index contributed by atoms with van der Waals surface area (Å²) < 4.78 is 45.6. The number of carbonyl (C=O) groups is 1. The SMILES string of the molecule is COc1cc(CN(C)CC(=O)N[C@@H](C)c2ccc3c(c2)OCCO3)ccc1OC(F)F. The highest BCUT2D eigenvalue weighted by Gasteiger charge is 2.17. The minimum atomic E-state index is -2.93. The van der Waals surface area contributed by atoms with E-state index >= 15 is 0 Å². The van der Waals surface area contributed by atoms with Crippen molar-refractivity contribution in [3.63, 3.8) is 0 Å². The van der Waals surface area contributed by atoms with Crippen LogP contribution in [0.3, 0.4) is 0 Å². The van der Waals surface area contributed by atoms with E-state index in [9.17, 15) is 13.6 Å². The van der Waals surface area contributed by atoms with E-state index in [2.05, 4.69) is 10.1 Å². The first-order valence-electron chi connectivity index (χ1n) is 9.85. The molecule has 1 aliphatic rings. The largest absolute Gasteiger partial charge is 0.493 e. The van der Waals surface area contributed by atoms with Crippen LogP contribution in [0.25, 0.3) is 0 Å². The number of halogens is 2. The number of hydrogen-bond donors (Lipinski definition) is 1. The van der Waals surface area contributed by atoms with E-state index in [0.29, 0.717) is 31.3 Å². The van der Waals surface area contributed by atoms with E-state index in [1.165, 1.54) is 13.2 Å². The number of nitrogens with zero attached hydrogens (tertiary/aromatic N) is 1. The highest BCUT2D eigenvalue weighted by Crippen LogP contribution is 2.32. The Kier molecular flexibility index (Phi) is 7.51. The van der Waals surface area contributed by atoms with Crippen molar-refractivity contribution < 1.29 is 32.5 Å². The summed E-state index contributed by atoms with van der Waals surface area (Å²) >= 11 is 0. The molecule has 2 aromatic carbocycles. The zero-order valence-electron chi connectivity index (χ0n) is 17.7. The molecule has 31 heavy (non-hydrogen) atoms. The average Bonchev–Trinajstić information content (AvgIpc) is 2.73. The van der Waals surface area contributed by atoms with Crippen LogP contribution in [0.4, 0.5) is 8.78 Å². The molecule has 9 heteroatoms. The summed E-state index contributed by atoms with van der Waals surface area (Å²) in [5.41, 5.74) is 1.72. The Morgan fingerprint density at radius 2 is 1.87 bits per heavy atom. The molecule has 0 bridgehead atoms. The second-order valence-electron chi connectivity index (χ2n) is 7.23. The molecule has 0 aliphatic carbocycles. The van der Waals surface area contributed by atoms with Crippen LogP contribution in [0.2, 0.25) is 0 Å². The fourth-order valence-electron chi connectivity index (χ4n) is 3.32. The molecule has 0 saturated carbocycles. The minimum Gasteiger partial charge on any atom is -0.493 e. The smallest absolute Gasteiger partial charge is 0.387 e. The first-order chi connectivity index (χ1) is 14.9. The fraction of sp³-hybridized carbons (Fsp3) is 0.409. The van der Waals surface area contributed by atoms with Crippen LogP contribution >= 0.6 is 0 Å². The summed E-state index contributed by atoms with van der Waals surface area (Å²) in [5, 5.41) is 2.97. The van der Waals surface area contributed by atoms with Crippen molar-refractivity contribution in [3.8, 4) is 23.0 Å². The number of carbonyl (C=O) groups excluding carboxylic acids is 1. The molecule has 7 nitrogen and oxygen atoms in total. The van der Waals surface area contributed by atoms with E-state index in [1.807, 2.05) is 30.0 Å². The summed E-state index contributed by atoms with van der Waals surface area (Å²) in [5.74, 6) is 1.41. The maximum Gasteiger partial charge on any atom is 0.387 e. The van der Waals surface area contributed by atoms with Gasteiger partial charge in [0.25, 0.3) is 0 Å². The van der Waals surface area contributed by atoms with Crippen LogP contribution in [0.1, 0.15) is 24.1 Å². The summed E-state index contributed by atoms with van der Waals surface area (Å²) in [7, 11) is 3.18. The molecule has 0 aromatic heterocycles. The van der Waals surface area contributed by atoms with Gasteiger partial charge in [-0.3, -0.25) is 9.69 Å². The molecule has 1 heterocycles. The first-order valence-corrected chi connectivity index (χ1v) is 9.85. The van der Waals surface area contributed by atoms with Gasteiger partial charge in [0, 0.05) is 6.54 Å². The molecule has 0 saturated heterocycles. The summed E-state index contributed by atoms with van der Waals surface area (Å²) in [4.78, 5) is 14.3. The molecular formula is C22H26F2N2O5. The number of hydrogen-bond acceptors (Lipinski definition) is 6. The van der Waals surface area contributed by atoms with Gasteiger partial charge in [-0.05, 0) is 49.4 Å². The lowest BCUT2D eigenvalue weighted by Crippen LogP contribution is -2.36. The van der Waals surface area contributed by atoms with Gasteiger partial charge in [-0.1, -0.05) is 12.1 Å². The number of benzene rings is 2. The summed E-state index contributed by atoms with van der Waals surface area (Å²) in [6, 6.07) is 10.1.